The molecule has 2 N–H and O–H groups in total. The van der Waals surface area contributed by atoms with E-state index in [9.17, 15) is 9.59 Å². The van der Waals surface area contributed by atoms with Crippen LogP contribution >= 0.6 is 0 Å². The number of fused-ring (bicyclic) bond motifs is 1. The van der Waals surface area contributed by atoms with E-state index in [1.807, 2.05) is 73.7 Å². The lowest BCUT2D eigenvalue weighted by Crippen LogP contribution is -2.18. The molecule has 6 nitrogen and oxygen atoms in total. The summed E-state index contributed by atoms with van der Waals surface area (Å²) >= 11 is 0. The Kier molecular flexibility index (Phi) is 6.70. The highest BCUT2D eigenvalue weighted by Gasteiger charge is 2.15. The quantitative estimate of drug-likeness (QED) is 0.465. The lowest BCUT2D eigenvalue weighted by Gasteiger charge is -2.17. The van der Waals surface area contributed by atoms with Crippen LogP contribution in [0, 0.1) is 6.92 Å². The molecule has 0 unspecified atom stereocenters. The fourth-order valence-corrected chi connectivity index (χ4v) is 3.48. The van der Waals surface area contributed by atoms with Gasteiger partial charge in [0.15, 0.2) is 5.75 Å². The van der Waals surface area contributed by atoms with Gasteiger partial charge >= 0.3 is 0 Å². The van der Waals surface area contributed by atoms with Gasteiger partial charge in [-0.3, -0.25) is 9.59 Å². The molecule has 0 saturated heterocycles. The van der Waals surface area contributed by atoms with Crippen LogP contribution in [0.25, 0.3) is 0 Å². The van der Waals surface area contributed by atoms with Crippen molar-refractivity contribution in [2.24, 2.45) is 0 Å². The van der Waals surface area contributed by atoms with Gasteiger partial charge in [0.05, 0.1) is 12.3 Å². The monoisotopic (exact) mass is 430 g/mol. The second-order valence-electron chi connectivity index (χ2n) is 7.78. The van der Waals surface area contributed by atoms with Gasteiger partial charge < -0.3 is 20.1 Å². The number of rotatable bonds is 8. The third kappa shape index (κ3) is 5.66. The zero-order chi connectivity index (χ0) is 22.3. The number of carbonyl (C=O) groups is 2. The minimum Gasteiger partial charge on any atom is -0.494 e. The van der Waals surface area contributed by atoms with Crippen LogP contribution in [-0.4, -0.2) is 18.4 Å². The molecule has 0 aromatic heterocycles. The number of amides is 2. The van der Waals surface area contributed by atoms with E-state index in [2.05, 4.69) is 10.6 Å². The predicted octanol–water partition coefficient (Wildman–Crippen LogP) is 5.47. The van der Waals surface area contributed by atoms with Crippen molar-refractivity contribution in [3.8, 4) is 17.2 Å². The van der Waals surface area contributed by atoms with Crippen molar-refractivity contribution in [2.45, 2.75) is 32.6 Å². The van der Waals surface area contributed by atoms with E-state index in [1.54, 1.807) is 0 Å². The normalized spacial score (nSPS) is 12.5. The van der Waals surface area contributed by atoms with E-state index in [4.69, 9.17) is 9.47 Å². The van der Waals surface area contributed by atoms with E-state index >= 15 is 0 Å². The van der Waals surface area contributed by atoms with Crippen molar-refractivity contribution in [1.82, 2.24) is 0 Å². The molecule has 2 amide bonds. The van der Waals surface area contributed by atoms with Crippen LogP contribution in [0.15, 0.2) is 66.7 Å². The maximum atomic E-state index is 12.4. The number of aryl methyl sites for hydroxylation is 2. The smallest absolute Gasteiger partial charge is 0.224 e. The van der Waals surface area contributed by atoms with Crippen molar-refractivity contribution < 1.29 is 19.1 Å². The summed E-state index contributed by atoms with van der Waals surface area (Å²) in [5.74, 6) is 2.01. The number of benzene rings is 3. The number of nitrogens with one attached hydrogen (secondary N) is 2. The molecule has 164 valence electrons. The molecule has 0 saturated carbocycles. The minimum absolute atomic E-state index is 0.0445. The lowest BCUT2D eigenvalue weighted by atomic mass is 10.0. The van der Waals surface area contributed by atoms with Gasteiger partial charge in [0.2, 0.25) is 11.8 Å². The summed E-state index contributed by atoms with van der Waals surface area (Å²) in [5, 5.41) is 5.78. The van der Waals surface area contributed by atoms with E-state index in [0.29, 0.717) is 43.7 Å². The third-order valence-corrected chi connectivity index (χ3v) is 5.20. The van der Waals surface area contributed by atoms with Gasteiger partial charge in [-0.05, 0) is 67.8 Å². The molecule has 0 bridgehead atoms. The molecule has 0 aliphatic carbocycles. The summed E-state index contributed by atoms with van der Waals surface area (Å²) in [4.78, 5) is 23.9. The zero-order valence-corrected chi connectivity index (χ0v) is 18.0. The summed E-state index contributed by atoms with van der Waals surface area (Å²) in [6.07, 6.45) is 2.12. The molecule has 6 heteroatoms. The Morgan fingerprint density at radius 3 is 2.62 bits per heavy atom. The highest BCUT2D eigenvalue weighted by molar-refractivity contribution is 5.94. The highest BCUT2D eigenvalue weighted by Crippen LogP contribution is 2.30. The molecule has 3 aromatic carbocycles. The molecular formula is C26H26N2O4. The Labute approximate surface area is 187 Å². The van der Waals surface area contributed by atoms with Crippen LogP contribution in [0.4, 0.5) is 11.4 Å². The summed E-state index contributed by atoms with van der Waals surface area (Å²) < 4.78 is 11.7. The van der Waals surface area contributed by atoms with Crippen molar-refractivity contribution in [3.63, 3.8) is 0 Å². The number of hydrogen-bond acceptors (Lipinski definition) is 4. The largest absolute Gasteiger partial charge is 0.494 e. The van der Waals surface area contributed by atoms with E-state index in [0.717, 1.165) is 28.3 Å². The van der Waals surface area contributed by atoms with Crippen LogP contribution in [-0.2, 0) is 16.0 Å². The Morgan fingerprint density at radius 1 is 1.00 bits per heavy atom. The number of carbonyl (C=O) groups excluding carboxylic acids is 2. The van der Waals surface area contributed by atoms with Crippen LogP contribution in [0.5, 0.6) is 17.2 Å². The van der Waals surface area contributed by atoms with Gasteiger partial charge in [-0.15, -0.1) is 0 Å². The summed E-state index contributed by atoms with van der Waals surface area (Å²) in [6, 6.07) is 20.8. The second-order valence-corrected chi connectivity index (χ2v) is 7.78. The third-order valence-electron chi connectivity index (χ3n) is 5.20. The molecule has 32 heavy (non-hydrogen) atoms. The average molecular weight is 431 g/mol. The van der Waals surface area contributed by atoms with Crippen molar-refractivity contribution in [1.29, 1.82) is 0 Å². The van der Waals surface area contributed by atoms with Crippen LogP contribution in [0.2, 0.25) is 0 Å². The first kappa shape index (κ1) is 21.4. The number of anilines is 2. The summed E-state index contributed by atoms with van der Waals surface area (Å²) in [5.41, 5.74) is 3.71. The van der Waals surface area contributed by atoms with Crippen molar-refractivity contribution in [2.75, 3.05) is 17.2 Å². The molecule has 0 spiro atoms. The topological polar surface area (TPSA) is 76.7 Å². The van der Waals surface area contributed by atoms with Gasteiger partial charge in [-0.25, -0.2) is 0 Å². The molecule has 1 heterocycles. The molecular weight excluding hydrogens is 404 g/mol. The molecule has 4 rings (SSSR count). The first-order chi connectivity index (χ1) is 15.6. The number of ether oxygens (including phenoxy) is 2. The molecule has 0 atom stereocenters. The van der Waals surface area contributed by atoms with E-state index < -0.39 is 0 Å². The lowest BCUT2D eigenvalue weighted by molar-refractivity contribution is -0.117. The van der Waals surface area contributed by atoms with Gasteiger partial charge in [0.1, 0.15) is 11.5 Å². The van der Waals surface area contributed by atoms with Crippen molar-refractivity contribution in [3.05, 3.63) is 77.9 Å². The zero-order valence-electron chi connectivity index (χ0n) is 18.0. The molecule has 3 aromatic rings. The standard InChI is InChI=1S/C26H26N2O4/c1-18-8-11-20(12-9-18)32-24-6-3-2-5-23(24)28-25(29)7-4-16-31-21-13-14-22-19(17-21)10-15-26(30)27-22/h2-3,5-6,8-9,11-14,17H,4,7,10,15-16H2,1H3,(H,27,30)(H,28,29). The highest BCUT2D eigenvalue weighted by atomic mass is 16.5. The predicted molar refractivity (Wildman–Crippen MR) is 124 cm³/mol. The van der Waals surface area contributed by atoms with Crippen LogP contribution in [0.3, 0.4) is 0 Å². The average Bonchev–Trinajstić information content (AvgIpc) is 2.79. The molecule has 1 aliphatic heterocycles. The van der Waals surface area contributed by atoms with Gasteiger partial charge in [0, 0.05) is 18.5 Å². The first-order valence-electron chi connectivity index (χ1n) is 10.8. The summed E-state index contributed by atoms with van der Waals surface area (Å²) in [6.45, 7) is 2.45. The second kappa shape index (κ2) is 10.0. The van der Waals surface area contributed by atoms with E-state index in [-0.39, 0.29) is 11.8 Å². The molecule has 0 fully saturated rings. The first-order valence-corrected chi connectivity index (χ1v) is 10.8. The van der Waals surface area contributed by atoms with Crippen molar-refractivity contribution >= 4 is 23.2 Å². The Hall–Kier alpha value is -3.80. The molecule has 1 aliphatic rings. The number of hydrogen-bond donors (Lipinski definition) is 2. The minimum atomic E-state index is -0.0956. The fourth-order valence-electron chi connectivity index (χ4n) is 3.48. The Bertz CT molecular complexity index is 1110. The van der Waals surface area contributed by atoms with E-state index in [1.165, 1.54) is 0 Å². The Morgan fingerprint density at radius 2 is 1.78 bits per heavy atom. The maximum Gasteiger partial charge on any atom is 0.224 e. The van der Waals surface area contributed by atoms with Gasteiger partial charge in [0.25, 0.3) is 0 Å². The number of para-hydroxylation sites is 2. The van der Waals surface area contributed by atoms with Gasteiger partial charge in [-0.2, -0.15) is 0 Å². The Balaban J connectivity index is 1.26. The maximum absolute atomic E-state index is 12.4. The van der Waals surface area contributed by atoms with Gasteiger partial charge in [-0.1, -0.05) is 29.8 Å². The summed E-state index contributed by atoms with van der Waals surface area (Å²) in [7, 11) is 0. The fraction of sp³-hybridized carbons (Fsp3) is 0.231. The van der Waals surface area contributed by atoms with Crippen LogP contribution in [0.1, 0.15) is 30.4 Å². The SMILES string of the molecule is Cc1ccc(Oc2ccccc2NC(=O)CCCOc2ccc3c(c2)CCC(=O)N3)cc1. The van der Waals surface area contributed by atoms with Crippen LogP contribution < -0.4 is 20.1 Å². The molecule has 0 radical (unpaired) electrons.